The Morgan fingerprint density at radius 3 is 2.37 bits per heavy atom. The predicted molar refractivity (Wildman–Crippen MR) is 105 cm³/mol. The molecule has 0 saturated carbocycles. The molecule has 3 rings (SSSR count). The first-order valence-corrected chi connectivity index (χ1v) is 9.98. The largest absolute Gasteiger partial charge is 0.402 e. The minimum Gasteiger partial charge on any atom is -0.323 e. The zero-order valence-corrected chi connectivity index (χ0v) is 16.0. The lowest BCUT2D eigenvalue weighted by Gasteiger charge is -2.10. The molecule has 0 saturated heterocycles. The number of halogens is 3. The van der Waals surface area contributed by atoms with Gasteiger partial charge in [-0.3, -0.25) is 9.78 Å². The first kappa shape index (κ1) is 21.4. The number of hydrogen-bond acceptors (Lipinski definition) is 5. The third-order valence-electron chi connectivity index (χ3n) is 3.77. The molecule has 0 bridgehead atoms. The van der Waals surface area contributed by atoms with Crippen molar-refractivity contribution in [1.82, 2.24) is 14.7 Å². The maximum atomic E-state index is 12.2. The molecule has 1 amide bonds. The summed E-state index contributed by atoms with van der Waals surface area (Å²) < 4.78 is 61.7. The molecule has 0 fully saturated rings. The van der Waals surface area contributed by atoms with E-state index in [0.29, 0.717) is 11.2 Å². The zero-order chi connectivity index (χ0) is 21.8. The molecule has 0 aliphatic carbocycles. The van der Waals surface area contributed by atoms with Crippen LogP contribution in [-0.2, 0) is 14.8 Å². The molecule has 0 radical (unpaired) electrons. The van der Waals surface area contributed by atoms with E-state index in [1.807, 2.05) is 18.2 Å². The monoisotopic (exact) mass is 436 g/mol. The highest BCUT2D eigenvalue weighted by Crippen LogP contribution is 2.17. The van der Waals surface area contributed by atoms with Crippen LogP contribution in [0.25, 0.3) is 17.1 Å². The normalized spacial score (nSPS) is 12.4. The average Bonchev–Trinajstić information content (AvgIpc) is 2.71. The van der Waals surface area contributed by atoms with E-state index in [1.54, 1.807) is 6.07 Å². The van der Waals surface area contributed by atoms with Crippen LogP contribution < -0.4 is 10.0 Å². The maximum Gasteiger partial charge on any atom is 0.402 e. The summed E-state index contributed by atoms with van der Waals surface area (Å²) in [5.74, 6) is -0.504. The van der Waals surface area contributed by atoms with Gasteiger partial charge >= 0.3 is 6.18 Å². The summed E-state index contributed by atoms with van der Waals surface area (Å²) in [6, 6.07) is 12.0. The summed E-state index contributed by atoms with van der Waals surface area (Å²) in [5.41, 5.74) is 2.14. The van der Waals surface area contributed by atoms with Crippen molar-refractivity contribution in [3.8, 4) is 0 Å². The Balaban J connectivity index is 1.63. The van der Waals surface area contributed by atoms with E-state index in [4.69, 9.17) is 0 Å². The van der Waals surface area contributed by atoms with Crippen LogP contribution in [0.4, 0.5) is 18.9 Å². The summed E-state index contributed by atoms with van der Waals surface area (Å²) in [4.78, 5) is 20.3. The van der Waals surface area contributed by atoms with Crippen molar-refractivity contribution in [2.75, 3.05) is 11.9 Å². The molecule has 0 atom stereocenters. The second kappa shape index (κ2) is 8.59. The molecule has 0 aliphatic heterocycles. The fourth-order valence-corrected chi connectivity index (χ4v) is 3.39. The van der Waals surface area contributed by atoms with Gasteiger partial charge in [-0.05, 0) is 42.5 Å². The Hall–Kier alpha value is -3.31. The molecule has 11 heteroatoms. The molecule has 1 aromatic heterocycles. The number of hydrogen-bond donors (Lipinski definition) is 2. The standard InChI is InChI=1S/C19H15F3N4O3S/c20-19(21,22)12-24-30(28,29)15-8-5-13(6-9-15)26-18(27)10-7-14-11-23-16-3-1-2-4-17(16)25-14/h1-11,24H,12H2,(H,26,27)/b10-7+. The fraction of sp³-hybridized carbons (Fsp3) is 0.105. The van der Waals surface area contributed by atoms with Gasteiger partial charge in [-0.2, -0.15) is 13.2 Å². The van der Waals surface area contributed by atoms with Gasteiger partial charge in [0.2, 0.25) is 15.9 Å². The van der Waals surface area contributed by atoms with Gasteiger partial charge in [0.15, 0.2) is 0 Å². The molecule has 2 aromatic carbocycles. The van der Waals surface area contributed by atoms with Gasteiger partial charge in [0.1, 0.15) is 6.54 Å². The minimum absolute atomic E-state index is 0.268. The molecule has 3 aromatic rings. The highest BCUT2D eigenvalue weighted by molar-refractivity contribution is 7.89. The van der Waals surface area contributed by atoms with Crippen LogP contribution in [0.3, 0.4) is 0 Å². The number of carbonyl (C=O) groups is 1. The van der Waals surface area contributed by atoms with Crippen LogP contribution in [-0.4, -0.2) is 37.0 Å². The Morgan fingerprint density at radius 2 is 1.70 bits per heavy atom. The molecule has 7 nitrogen and oxygen atoms in total. The van der Waals surface area contributed by atoms with Crippen molar-refractivity contribution in [2.45, 2.75) is 11.1 Å². The Morgan fingerprint density at radius 1 is 1.03 bits per heavy atom. The van der Waals surface area contributed by atoms with E-state index in [9.17, 15) is 26.4 Å². The first-order chi connectivity index (χ1) is 14.1. The number of fused-ring (bicyclic) bond motifs is 1. The number of para-hydroxylation sites is 2. The molecular formula is C19H15F3N4O3S. The van der Waals surface area contributed by atoms with Crippen molar-refractivity contribution in [3.05, 3.63) is 66.5 Å². The number of rotatable bonds is 6. The van der Waals surface area contributed by atoms with Crippen molar-refractivity contribution >= 4 is 38.7 Å². The highest BCUT2D eigenvalue weighted by Gasteiger charge is 2.30. The molecular weight excluding hydrogens is 421 g/mol. The molecule has 0 unspecified atom stereocenters. The van der Waals surface area contributed by atoms with Gasteiger partial charge in [0.05, 0.1) is 27.8 Å². The number of anilines is 1. The molecule has 30 heavy (non-hydrogen) atoms. The van der Waals surface area contributed by atoms with Gasteiger partial charge in [0.25, 0.3) is 0 Å². The average molecular weight is 436 g/mol. The van der Waals surface area contributed by atoms with Crippen molar-refractivity contribution in [3.63, 3.8) is 0 Å². The zero-order valence-electron chi connectivity index (χ0n) is 15.2. The lowest BCUT2D eigenvalue weighted by atomic mass is 10.3. The minimum atomic E-state index is -4.66. The van der Waals surface area contributed by atoms with Gasteiger partial charge < -0.3 is 5.32 Å². The van der Waals surface area contributed by atoms with Gasteiger partial charge in [-0.25, -0.2) is 18.1 Å². The fourth-order valence-electron chi connectivity index (χ4n) is 2.37. The van der Waals surface area contributed by atoms with E-state index in [1.165, 1.54) is 35.2 Å². The van der Waals surface area contributed by atoms with Crippen LogP contribution in [0.1, 0.15) is 5.69 Å². The van der Waals surface area contributed by atoms with Crippen LogP contribution >= 0.6 is 0 Å². The molecule has 2 N–H and O–H groups in total. The molecule has 0 aliphatic rings. The summed E-state index contributed by atoms with van der Waals surface area (Å²) in [6.07, 6.45) is -0.453. The summed E-state index contributed by atoms with van der Waals surface area (Å²) in [5, 5.41) is 2.52. The summed E-state index contributed by atoms with van der Waals surface area (Å²) in [6.45, 7) is -1.67. The van der Waals surface area contributed by atoms with Crippen LogP contribution in [0, 0.1) is 0 Å². The van der Waals surface area contributed by atoms with Crippen LogP contribution in [0.15, 0.2) is 65.7 Å². The lowest BCUT2D eigenvalue weighted by Crippen LogP contribution is -2.33. The number of amides is 1. The van der Waals surface area contributed by atoms with Gasteiger partial charge in [-0.1, -0.05) is 12.1 Å². The number of aromatic nitrogens is 2. The first-order valence-electron chi connectivity index (χ1n) is 8.50. The third-order valence-corrected chi connectivity index (χ3v) is 5.18. The third kappa shape index (κ3) is 5.84. The smallest absolute Gasteiger partial charge is 0.323 e. The predicted octanol–water partition coefficient (Wildman–Crippen LogP) is 3.12. The molecule has 0 spiro atoms. The maximum absolute atomic E-state index is 12.2. The number of nitrogens with zero attached hydrogens (tertiary/aromatic N) is 2. The van der Waals surface area contributed by atoms with E-state index in [2.05, 4.69) is 15.3 Å². The van der Waals surface area contributed by atoms with Crippen LogP contribution in [0.5, 0.6) is 0 Å². The van der Waals surface area contributed by atoms with Crippen molar-refractivity contribution in [2.24, 2.45) is 0 Å². The number of nitrogens with one attached hydrogen (secondary N) is 2. The molecule has 1 heterocycles. The Bertz CT molecular complexity index is 1190. The van der Waals surface area contributed by atoms with Crippen molar-refractivity contribution in [1.29, 1.82) is 0 Å². The summed E-state index contributed by atoms with van der Waals surface area (Å²) >= 11 is 0. The number of alkyl halides is 3. The van der Waals surface area contributed by atoms with E-state index in [0.717, 1.165) is 17.6 Å². The molecule has 156 valence electrons. The Kier molecular flexibility index (Phi) is 6.13. The van der Waals surface area contributed by atoms with E-state index in [-0.39, 0.29) is 10.6 Å². The SMILES string of the molecule is O=C(/C=C/c1cnc2ccccc2n1)Nc1ccc(S(=O)(=O)NCC(F)(F)F)cc1. The lowest BCUT2D eigenvalue weighted by molar-refractivity contribution is -0.121. The van der Waals surface area contributed by atoms with Crippen molar-refractivity contribution < 1.29 is 26.4 Å². The number of carbonyl (C=O) groups excluding carboxylic acids is 1. The quantitative estimate of drug-likeness (QED) is 0.579. The van der Waals surface area contributed by atoms with E-state index >= 15 is 0 Å². The topological polar surface area (TPSA) is 101 Å². The van der Waals surface area contributed by atoms with E-state index < -0.39 is 28.7 Å². The number of sulfonamides is 1. The summed E-state index contributed by atoms with van der Waals surface area (Å²) in [7, 11) is -4.31. The number of benzene rings is 2. The second-order valence-electron chi connectivity index (χ2n) is 6.07. The Labute approximate surface area is 169 Å². The van der Waals surface area contributed by atoms with Gasteiger partial charge in [0, 0.05) is 11.8 Å². The van der Waals surface area contributed by atoms with Crippen LogP contribution in [0.2, 0.25) is 0 Å². The second-order valence-corrected chi connectivity index (χ2v) is 7.84. The van der Waals surface area contributed by atoms with Gasteiger partial charge in [-0.15, -0.1) is 0 Å². The highest BCUT2D eigenvalue weighted by atomic mass is 32.2.